The monoisotopic (exact) mass is 247 g/mol. The Balaban J connectivity index is 2.02. The second kappa shape index (κ2) is 4.69. The van der Waals surface area contributed by atoms with Crippen LogP contribution in [0.5, 0.6) is 0 Å². The second-order valence-corrected chi connectivity index (χ2v) is 5.98. The Morgan fingerprint density at radius 1 is 1.06 bits per heavy atom. The van der Waals surface area contributed by atoms with Crippen molar-refractivity contribution >= 4 is 7.12 Å². The standard InChI is InChI=1S/C14H22BNO2/c1-13(2)14(3,4)18-15(17-13)12(16)10-11-8-6-5-7-9-11/h5-9,12H,10,16H2,1-4H3. The van der Waals surface area contributed by atoms with Crippen molar-refractivity contribution in [1.29, 1.82) is 0 Å². The van der Waals surface area contributed by atoms with Gasteiger partial charge in [-0.05, 0) is 39.7 Å². The van der Waals surface area contributed by atoms with E-state index in [-0.39, 0.29) is 24.3 Å². The zero-order valence-corrected chi connectivity index (χ0v) is 11.6. The molecule has 2 N–H and O–H groups in total. The molecule has 1 aromatic rings. The van der Waals surface area contributed by atoms with Crippen LogP contribution in [0.25, 0.3) is 0 Å². The summed E-state index contributed by atoms with van der Waals surface area (Å²) in [6.07, 6.45) is 0.762. The van der Waals surface area contributed by atoms with E-state index in [1.807, 2.05) is 45.9 Å². The molecule has 0 bridgehead atoms. The fraction of sp³-hybridized carbons (Fsp3) is 0.571. The van der Waals surface area contributed by atoms with Crippen LogP contribution in [0.4, 0.5) is 0 Å². The van der Waals surface area contributed by atoms with Crippen molar-refractivity contribution in [3.8, 4) is 0 Å². The molecule has 1 aromatic carbocycles. The van der Waals surface area contributed by atoms with Crippen LogP contribution in [0.3, 0.4) is 0 Å². The fourth-order valence-electron chi connectivity index (χ4n) is 2.05. The van der Waals surface area contributed by atoms with Crippen LogP contribution >= 0.6 is 0 Å². The van der Waals surface area contributed by atoms with Crippen molar-refractivity contribution in [2.24, 2.45) is 5.73 Å². The Hall–Kier alpha value is -0.835. The third-order valence-electron chi connectivity index (χ3n) is 3.94. The van der Waals surface area contributed by atoms with Crippen LogP contribution in [0, 0.1) is 0 Å². The summed E-state index contributed by atoms with van der Waals surface area (Å²) < 4.78 is 11.9. The smallest absolute Gasteiger partial charge is 0.402 e. The summed E-state index contributed by atoms with van der Waals surface area (Å²) in [6, 6.07) is 10.2. The second-order valence-electron chi connectivity index (χ2n) is 5.98. The molecule has 0 saturated carbocycles. The molecule has 0 aliphatic carbocycles. The highest BCUT2D eigenvalue weighted by molar-refractivity contribution is 6.47. The molecule has 98 valence electrons. The van der Waals surface area contributed by atoms with Crippen molar-refractivity contribution < 1.29 is 9.31 Å². The van der Waals surface area contributed by atoms with Gasteiger partial charge in [-0.25, -0.2) is 0 Å². The van der Waals surface area contributed by atoms with Gasteiger partial charge in [0.05, 0.1) is 11.2 Å². The van der Waals surface area contributed by atoms with E-state index in [4.69, 9.17) is 15.0 Å². The van der Waals surface area contributed by atoms with E-state index in [1.54, 1.807) is 0 Å². The Morgan fingerprint density at radius 2 is 1.56 bits per heavy atom. The van der Waals surface area contributed by atoms with Gasteiger partial charge in [0.1, 0.15) is 0 Å². The molecule has 3 nitrogen and oxygen atoms in total. The molecule has 1 unspecified atom stereocenters. The van der Waals surface area contributed by atoms with Gasteiger partial charge in [-0.3, -0.25) is 0 Å². The van der Waals surface area contributed by atoms with Gasteiger partial charge in [-0.1, -0.05) is 30.3 Å². The SMILES string of the molecule is CC1(C)OB(C(N)Cc2ccccc2)OC1(C)C. The molecule has 0 aromatic heterocycles. The molecule has 1 aliphatic heterocycles. The Kier molecular flexibility index (Phi) is 3.54. The average Bonchev–Trinajstić information content (AvgIpc) is 2.50. The third kappa shape index (κ3) is 2.61. The van der Waals surface area contributed by atoms with E-state index in [9.17, 15) is 0 Å². The quantitative estimate of drug-likeness (QED) is 0.832. The highest BCUT2D eigenvalue weighted by atomic mass is 16.7. The molecule has 1 heterocycles. The van der Waals surface area contributed by atoms with Gasteiger partial charge >= 0.3 is 7.12 Å². The van der Waals surface area contributed by atoms with Gasteiger partial charge in [0.2, 0.25) is 0 Å². The molecule has 1 fully saturated rings. The van der Waals surface area contributed by atoms with E-state index in [0.29, 0.717) is 0 Å². The first-order valence-corrected chi connectivity index (χ1v) is 6.47. The molecular weight excluding hydrogens is 225 g/mol. The predicted octanol–water partition coefficient (Wildman–Crippen LogP) is 2.19. The summed E-state index contributed by atoms with van der Waals surface area (Å²) in [7, 11) is -0.338. The molecule has 1 aliphatic rings. The van der Waals surface area contributed by atoms with E-state index < -0.39 is 0 Å². The van der Waals surface area contributed by atoms with Crippen molar-refractivity contribution in [3.05, 3.63) is 35.9 Å². The van der Waals surface area contributed by atoms with Crippen molar-refractivity contribution in [2.75, 3.05) is 0 Å². The van der Waals surface area contributed by atoms with Crippen LogP contribution in [-0.2, 0) is 15.7 Å². The van der Waals surface area contributed by atoms with Gasteiger partial charge < -0.3 is 15.0 Å². The number of benzene rings is 1. The van der Waals surface area contributed by atoms with E-state index >= 15 is 0 Å². The maximum atomic E-state index is 6.20. The number of rotatable bonds is 3. The van der Waals surface area contributed by atoms with Crippen LogP contribution in [-0.4, -0.2) is 24.3 Å². The lowest BCUT2D eigenvalue weighted by Crippen LogP contribution is -2.43. The van der Waals surface area contributed by atoms with Gasteiger partial charge in [0, 0.05) is 5.94 Å². The minimum absolute atomic E-state index is 0.145. The lowest BCUT2D eigenvalue weighted by Gasteiger charge is -2.32. The molecule has 0 amide bonds. The molecule has 18 heavy (non-hydrogen) atoms. The van der Waals surface area contributed by atoms with Gasteiger partial charge in [-0.15, -0.1) is 0 Å². The zero-order valence-electron chi connectivity index (χ0n) is 11.6. The third-order valence-corrected chi connectivity index (χ3v) is 3.94. The van der Waals surface area contributed by atoms with Crippen molar-refractivity contribution in [3.63, 3.8) is 0 Å². The molecule has 0 spiro atoms. The molecule has 2 rings (SSSR count). The van der Waals surface area contributed by atoms with Gasteiger partial charge in [0.25, 0.3) is 0 Å². The molecule has 1 saturated heterocycles. The number of hydrogen-bond acceptors (Lipinski definition) is 3. The maximum absolute atomic E-state index is 6.20. The summed E-state index contributed by atoms with van der Waals surface area (Å²) in [5.74, 6) is -0.145. The summed E-state index contributed by atoms with van der Waals surface area (Å²) in [5, 5.41) is 0. The highest BCUT2D eigenvalue weighted by Gasteiger charge is 2.52. The molecule has 1 atom stereocenters. The first kappa shape index (κ1) is 13.6. The normalized spacial score (nSPS) is 23.1. The maximum Gasteiger partial charge on any atom is 0.476 e. The highest BCUT2D eigenvalue weighted by Crippen LogP contribution is 2.37. The minimum atomic E-state index is -0.338. The first-order valence-electron chi connectivity index (χ1n) is 6.47. The lowest BCUT2D eigenvalue weighted by atomic mass is 9.75. The topological polar surface area (TPSA) is 44.5 Å². The van der Waals surface area contributed by atoms with Crippen LogP contribution in [0.2, 0.25) is 0 Å². The van der Waals surface area contributed by atoms with Gasteiger partial charge in [0.15, 0.2) is 0 Å². The summed E-state index contributed by atoms with van der Waals surface area (Å²) in [5.41, 5.74) is 6.78. The van der Waals surface area contributed by atoms with E-state index in [0.717, 1.165) is 6.42 Å². The van der Waals surface area contributed by atoms with Crippen LogP contribution in [0.15, 0.2) is 30.3 Å². The van der Waals surface area contributed by atoms with Gasteiger partial charge in [-0.2, -0.15) is 0 Å². The Labute approximate surface area is 110 Å². The predicted molar refractivity (Wildman–Crippen MR) is 74.2 cm³/mol. The van der Waals surface area contributed by atoms with Crippen molar-refractivity contribution in [1.82, 2.24) is 0 Å². The number of nitrogens with two attached hydrogens (primary N) is 1. The minimum Gasteiger partial charge on any atom is -0.402 e. The zero-order chi connectivity index (χ0) is 13.4. The Bertz CT molecular complexity index is 390. The fourth-order valence-corrected chi connectivity index (χ4v) is 2.05. The molecule has 0 radical (unpaired) electrons. The number of hydrogen-bond donors (Lipinski definition) is 1. The van der Waals surface area contributed by atoms with Crippen LogP contribution < -0.4 is 5.73 Å². The van der Waals surface area contributed by atoms with Crippen LogP contribution in [0.1, 0.15) is 33.3 Å². The first-order chi connectivity index (χ1) is 8.32. The summed E-state index contributed by atoms with van der Waals surface area (Å²) >= 11 is 0. The lowest BCUT2D eigenvalue weighted by molar-refractivity contribution is 0.00578. The van der Waals surface area contributed by atoms with Crippen molar-refractivity contribution in [2.45, 2.75) is 51.3 Å². The molecular formula is C14H22BNO2. The van der Waals surface area contributed by atoms with E-state index in [2.05, 4.69) is 12.1 Å². The molecule has 4 heteroatoms. The average molecular weight is 247 g/mol. The summed E-state index contributed by atoms with van der Waals surface area (Å²) in [6.45, 7) is 8.18. The van der Waals surface area contributed by atoms with E-state index in [1.165, 1.54) is 5.56 Å². The largest absolute Gasteiger partial charge is 0.476 e. The summed E-state index contributed by atoms with van der Waals surface area (Å²) in [4.78, 5) is 0. The Morgan fingerprint density at radius 3 is 2.06 bits per heavy atom.